The molecule has 3 N–H and O–H groups in total. The molecule has 6 heterocycles. The summed E-state index contributed by atoms with van der Waals surface area (Å²) in [7, 11) is 0. The molecule has 3 aromatic carbocycles. The molecule has 9 rings (SSSR count). The number of alkyl carbamates (subject to hydrolysis) is 2. The number of cyclic esters (lactones) is 2. The Morgan fingerprint density at radius 2 is 1.01 bits per heavy atom. The molecule has 3 atom stereocenters. The quantitative estimate of drug-likeness (QED) is 0.0620. The van der Waals surface area contributed by atoms with Crippen LogP contribution in [0.15, 0.2) is 128 Å². The SMILES string of the molecule is CCc1ccc(CCOc2ccc(CC3OC(=O)NC3=O)cc2)nc1.CCc1cccc(CCOc2ccc(CC3SC(=O)NC3=O)cc2)n1.CCc1cccnc1CCOc1ccc(CC2OC(=O)NC2=O)cc1. The van der Waals surface area contributed by atoms with Gasteiger partial charge >= 0.3 is 12.2 Å². The van der Waals surface area contributed by atoms with Crippen LogP contribution in [0.5, 0.6) is 17.2 Å². The van der Waals surface area contributed by atoms with Crippen molar-refractivity contribution >= 4 is 46.9 Å². The van der Waals surface area contributed by atoms with Crippen LogP contribution in [0.4, 0.5) is 14.4 Å². The van der Waals surface area contributed by atoms with E-state index in [1.807, 2.05) is 109 Å². The predicted octanol–water partition coefficient (Wildman–Crippen LogP) is 8.05. The molecule has 3 saturated heterocycles. The second-order valence-electron chi connectivity index (χ2n) is 17.4. The van der Waals surface area contributed by atoms with Gasteiger partial charge in [0.05, 0.1) is 25.1 Å². The first-order chi connectivity index (χ1) is 36.4. The molecule has 390 valence electrons. The van der Waals surface area contributed by atoms with Gasteiger partial charge in [-0.15, -0.1) is 0 Å². The second-order valence-corrected chi connectivity index (χ2v) is 18.6. The fraction of sp³-hybridized carbons (Fsp3) is 0.316. The van der Waals surface area contributed by atoms with Crippen LogP contribution < -0.4 is 30.2 Å². The highest BCUT2D eigenvalue weighted by Gasteiger charge is 2.33. The maximum Gasteiger partial charge on any atom is 0.414 e. The molecule has 3 aliphatic rings. The molecule has 0 radical (unpaired) electrons. The van der Waals surface area contributed by atoms with Gasteiger partial charge in [0.25, 0.3) is 17.1 Å². The Labute approximate surface area is 439 Å². The Balaban J connectivity index is 0.000000164. The monoisotopic (exact) mass is 1040 g/mol. The van der Waals surface area contributed by atoms with E-state index in [2.05, 4.69) is 63.8 Å². The lowest BCUT2D eigenvalue weighted by Gasteiger charge is -2.10. The van der Waals surface area contributed by atoms with Crippen molar-refractivity contribution in [3.8, 4) is 17.2 Å². The zero-order valence-corrected chi connectivity index (χ0v) is 42.9. The number of carbonyl (C=O) groups excluding carboxylic acids is 6. The minimum atomic E-state index is -0.754. The van der Waals surface area contributed by atoms with Crippen molar-refractivity contribution in [2.24, 2.45) is 0 Å². The highest BCUT2D eigenvalue weighted by Crippen LogP contribution is 2.24. The number of rotatable bonds is 21. The van der Waals surface area contributed by atoms with Crippen LogP contribution in [0.3, 0.4) is 0 Å². The van der Waals surface area contributed by atoms with Gasteiger partial charge in [-0.1, -0.05) is 87.1 Å². The van der Waals surface area contributed by atoms with Gasteiger partial charge in [-0.3, -0.25) is 50.1 Å². The standard InChI is InChI=1S/2C19H20N2O4.C19H20N2O3S/c1-2-13-3-6-15(20-12-13)9-10-24-16-7-4-14(5-8-16)11-17-18(22)21-19(23)25-17;1-2-14-4-3-10-20-16(14)9-11-24-15-7-5-13(6-8-15)12-17-18(22)21-19(23)25-17;1-2-14-4-3-5-15(20-14)10-11-24-16-8-6-13(7-9-16)12-17-18(22)21-19(23)25-17/h3-8,12,17H,2,9-11H2,1H3,(H,21,22,23);3-8,10,17H,2,9,11-12H2,1H3,(H,21,22,23);3-9,17H,2,10-12H2,1H3,(H,21,22,23). The number of aryl methyl sites for hydroxylation is 3. The molecule has 18 heteroatoms. The van der Waals surface area contributed by atoms with Gasteiger partial charge in [0.2, 0.25) is 5.91 Å². The molecular formula is C57H60N6O11S. The number of nitrogens with zero attached hydrogens (tertiary/aromatic N) is 3. The number of benzene rings is 3. The van der Waals surface area contributed by atoms with Crippen LogP contribution in [0.25, 0.3) is 0 Å². The number of pyridine rings is 3. The van der Waals surface area contributed by atoms with Crippen molar-refractivity contribution in [3.05, 3.63) is 178 Å². The molecule has 0 saturated carbocycles. The van der Waals surface area contributed by atoms with Crippen LogP contribution in [0.1, 0.15) is 71.4 Å². The minimum absolute atomic E-state index is 0.211. The molecule has 3 aromatic heterocycles. The van der Waals surface area contributed by atoms with E-state index in [0.29, 0.717) is 39.1 Å². The molecule has 3 fully saturated rings. The Bertz CT molecular complexity index is 2890. The summed E-state index contributed by atoms with van der Waals surface area (Å²) in [6.07, 6.45) is 7.19. The summed E-state index contributed by atoms with van der Waals surface area (Å²) in [5.41, 5.74) is 9.47. The lowest BCUT2D eigenvalue weighted by molar-refractivity contribution is -0.124. The Kier molecular flexibility index (Phi) is 20.3. The number of hydrogen-bond donors (Lipinski definition) is 3. The van der Waals surface area contributed by atoms with Gasteiger partial charge in [0.1, 0.15) is 17.2 Å². The van der Waals surface area contributed by atoms with Crippen molar-refractivity contribution in [3.63, 3.8) is 0 Å². The van der Waals surface area contributed by atoms with Crippen molar-refractivity contribution < 1.29 is 52.5 Å². The van der Waals surface area contributed by atoms with E-state index in [1.165, 1.54) is 11.1 Å². The zero-order valence-electron chi connectivity index (χ0n) is 42.1. The molecule has 3 aliphatic heterocycles. The summed E-state index contributed by atoms with van der Waals surface area (Å²) in [4.78, 5) is 81.1. The van der Waals surface area contributed by atoms with Crippen LogP contribution in [0, 0.1) is 0 Å². The fourth-order valence-corrected chi connectivity index (χ4v) is 8.76. The third-order valence-corrected chi connectivity index (χ3v) is 13.1. The van der Waals surface area contributed by atoms with E-state index in [4.69, 9.17) is 23.7 Å². The van der Waals surface area contributed by atoms with E-state index in [-0.39, 0.29) is 16.4 Å². The van der Waals surface area contributed by atoms with Gasteiger partial charge < -0.3 is 23.7 Å². The Morgan fingerprint density at radius 3 is 1.48 bits per heavy atom. The van der Waals surface area contributed by atoms with Crippen molar-refractivity contribution in [2.45, 2.75) is 96.0 Å². The maximum absolute atomic E-state index is 11.6. The topological polar surface area (TPSA) is 223 Å². The van der Waals surface area contributed by atoms with Gasteiger partial charge in [0.15, 0.2) is 12.2 Å². The summed E-state index contributed by atoms with van der Waals surface area (Å²) in [5.74, 6) is 1.29. The summed E-state index contributed by atoms with van der Waals surface area (Å²) in [6, 6.07) is 36.7. The third kappa shape index (κ3) is 17.2. The smallest absolute Gasteiger partial charge is 0.414 e. The highest BCUT2D eigenvalue weighted by molar-refractivity contribution is 8.15. The van der Waals surface area contributed by atoms with E-state index in [9.17, 15) is 28.8 Å². The predicted molar refractivity (Wildman–Crippen MR) is 281 cm³/mol. The van der Waals surface area contributed by atoms with Crippen molar-refractivity contribution in [2.75, 3.05) is 19.8 Å². The van der Waals surface area contributed by atoms with E-state index < -0.39 is 36.2 Å². The van der Waals surface area contributed by atoms with Gasteiger partial charge in [-0.05, 0) is 114 Å². The second kappa shape index (κ2) is 27.8. The third-order valence-electron chi connectivity index (χ3n) is 12.1. The summed E-state index contributed by atoms with van der Waals surface area (Å²) < 4.78 is 27.1. The summed E-state index contributed by atoms with van der Waals surface area (Å²) >= 11 is 1.05. The minimum Gasteiger partial charge on any atom is -0.493 e. The lowest BCUT2D eigenvalue weighted by Crippen LogP contribution is -2.25. The highest BCUT2D eigenvalue weighted by atomic mass is 32.2. The number of nitrogens with one attached hydrogen (secondary N) is 3. The molecule has 3 unspecified atom stereocenters. The number of ether oxygens (including phenoxy) is 5. The van der Waals surface area contributed by atoms with Gasteiger partial charge in [-0.2, -0.15) is 0 Å². The molecule has 6 amide bonds. The average Bonchev–Trinajstić information content (AvgIpc) is 4.05. The van der Waals surface area contributed by atoms with Crippen LogP contribution in [-0.2, 0) is 81.6 Å². The van der Waals surface area contributed by atoms with Crippen molar-refractivity contribution in [1.82, 2.24) is 30.9 Å². The van der Waals surface area contributed by atoms with E-state index >= 15 is 0 Å². The van der Waals surface area contributed by atoms with Crippen LogP contribution in [-0.4, -0.2) is 87.4 Å². The normalized spacial score (nSPS) is 16.5. The maximum atomic E-state index is 11.6. The first-order valence-electron chi connectivity index (χ1n) is 24.9. The molecule has 17 nitrogen and oxygen atoms in total. The zero-order chi connectivity index (χ0) is 52.9. The molecule has 0 aliphatic carbocycles. The first kappa shape index (κ1) is 54.6. The van der Waals surface area contributed by atoms with Crippen LogP contribution in [0.2, 0.25) is 0 Å². The van der Waals surface area contributed by atoms with Gasteiger partial charge in [-0.25, -0.2) is 9.59 Å². The number of hydrogen-bond acceptors (Lipinski definition) is 15. The number of aromatic nitrogens is 3. The Hall–Kier alpha value is -8.12. The van der Waals surface area contributed by atoms with E-state index in [0.717, 1.165) is 107 Å². The number of carbonyl (C=O) groups is 6. The van der Waals surface area contributed by atoms with Gasteiger partial charge in [0, 0.05) is 67.3 Å². The number of thioether (sulfide) groups is 1. The molecule has 6 aromatic rings. The number of imide groups is 3. The van der Waals surface area contributed by atoms with Crippen molar-refractivity contribution in [1.29, 1.82) is 0 Å². The molecule has 0 spiro atoms. The summed E-state index contributed by atoms with van der Waals surface area (Å²) in [5, 5.41) is 5.94. The first-order valence-corrected chi connectivity index (χ1v) is 25.8. The Morgan fingerprint density at radius 1 is 0.493 bits per heavy atom. The molecular weight excluding hydrogens is 977 g/mol. The molecule has 0 bridgehead atoms. The summed E-state index contributed by atoms with van der Waals surface area (Å²) in [6.45, 7) is 7.96. The lowest BCUT2D eigenvalue weighted by atomic mass is 10.1. The number of amides is 6. The molecule has 75 heavy (non-hydrogen) atoms. The van der Waals surface area contributed by atoms with Crippen LogP contribution >= 0.6 is 11.8 Å². The fourth-order valence-electron chi connectivity index (χ4n) is 7.90. The van der Waals surface area contributed by atoms with E-state index in [1.54, 1.807) is 6.20 Å². The average molecular weight is 1040 g/mol. The largest absolute Gasteiger partial charge is 0.493 e.